The molecule has 12 atom stereocenters. The van der Waals surface area contributed by atoms with E-state index in [0.29, 0.717) is 41.0 Å². The normalized spacial score (nSPS) is 62.2. The van der Waals surface area contributed by atoms with Gasteiger partial charge in [-0.15, -0.1) is 0 Å². The van der Waals surface area contributed by atoms with E-state index in [1.165, 1.54) is 38.5 Å². The summed E-state index contributed by atoms with van der Waals surface area (Å²) in [6, 6.07) is 0. The Morgan fingerprint density at radius 2 is 1.62 bits per heavy atom. The van der Waals surface area contributed by atoms with Crippen LogP contribution in [0.3, 0.4) is 0 Å². The summed E-state index contributed by atoms with van der Waals surface area (Å²) < 4.78 is 6.67. The zero-order valence-electron chi connectivity index (χ0n) is 21.1. The molecule has 0 aromatic heterocycles. The average Bonchev–Trinajstić information content (AvgIpc) is 3.36. The second-order valence-electron chi connectivity index (χ2n) is 14.2. The molecule has 1 saturated heterocycles. The van der Waals surface area contributed by atoms with E-state index in [-0.39, 0.29) is 40.7 Å². The molecule has 0 radical (unpaired) electrons. The minimum absolute atomic E-state index is 0.0176. The van der Waals surface area contributed by atoms with Gasteiger partial charge in [-0.1, -0.05) is 34.6 Å². The number of aliphatic hydroxyl groups is 2. The fourth-order valence-electron chi connectivity index (χ4n) is 11.8. The monoisotopic (exact) mass is 445 g/mol. The van der Waals surface area contributed by atoms with Crippen LogP contribution in [0.25, 0.3) is 0 Å². The van der Waals surface area contributed by atoms with Gasteiger partial charge < -0.3 is 20.7 Å². The van der Waals surface area contributed by atoms with Gasteiger partial charge in [-0.05, 0) is 110 Å². The summed E-state index contributed by atoms with van der Waals surface area (Å²) in [5.41, 5.74) is 6.76. The lowest BCUT2D eigenvalue weighted by atomic mass is 9.41. The summed E-state index contributed by atoms with van der Waals surface area (Å²) in [5, 5.41) is 22.9. The van der Waals surface area contributed by atoms with Gasteiger partial charge in [-0.25, -0.2) is 0 Å². The van der Waals surface area contributed by atoms with E-state index in [0.717, 1.165) is 19.3 Å². The number of hydrogen-bond acceptors (Lipinski definition) is 4. The Labute approximate surface area is 195 Å². The Bertz CT molecular complexity index is 800. The first-order chi connectivity index (χ1) is 15.0. The number of fused-ring (bicyclic) bond motifs is 4. The van der Waals surface area contributed by atoms with E-state index in [1.54, 1.807) is 0 Å². The fourth-order valence-corrected chi connectivity index (χ4v) is 11.8. The first kappa shape index (κ1) is 22.3. The van der Waals surface area contributed by atoms with Gasteiger partial charge in [0, 0.05) is 5.41 Å². The molecule has 4 N–H and O–H groups in total. The lowest BCUT2D eigenvalue weighted by Gasteiger charge is -2.63. The average molecular weight is 446 g/mol. The largest absolute Gasteiger partial charge is 0.393 e. The van der Waals surface area contributed by atoms with E-state index in [1.807, 2.05) is 0 Å². The molecule has 4 heteroatoms. The van der Waals surface area contributed by atoms with Crippen LogP contribution in [0.4, 0.5) is 0 Å². The summed E-state index contributed by atoms with van der Waals surface area (Å²) in [4.78, 5) is 0. The lowest BCUT2D eigenvalue weighted by molar-refractivity contribution is -0.182. The molecule has 2 spiro atoms. The van der Waals surface area contributed by atoms with Gasteiger partial charge in [0.1, 0.15) is 0 Å². The van der Waals surface area contributed by atoms with Crippen LogP contribution in [-0.2, 0) is 4.74 Å². The molecular formula is C28H47NO3. The van der Waals surface area contributed by atoms with Gasteiger partial charge in [-0.3, -0.25) is 0 Å². The maximum atomic E-state index is 12.1. The van der Waals surface area contributed by atoms with Crippen LogP contribution in [0.2, 0.25) is 0 Å². The predicted molar refractivity (Wildman–Crippen MR) is 126 cm³/mol. The minimum atomic E-state index is -0.376. The van der Waals surface area contributed by atoms with E-state index in [9.17, 15) is 10.2 Å². The van der Waals surface area contributed by atoms with Crippen molar-refractivity contribution < 1.29 is 14.9 Å². The lowest BCUT2D eigenvalue weighted by Crippen LogP contribution is -2.59. The summed E-state index contributed by atoms with van der Waals surface area (Å²) in [6.45, 7) is 12.7. The highest BCUT2D eigenvalue weighted by atomic mass is 16.5. The number of hydrogen-bond donors (Lipinski definition) is 3. The van der Waals surface area contributed by atoms with Crippen molar-refractivity contribution in [2.45, 2.75) is 117 Å². The van der Waals surface area contributed by atoms with Crippen LogP contribution >= 0.6 is 0 Å². The molecular weight excluding hydrogens is 398 g/mol. The molecule has 5 saturated carbocycles. The summed E-state index contributed by atoms with van der Waals surface area (Å²) >= 11 is 0. The molecule has 8 unspecified atom stereocenters. The smallest absolute Gasteiger partial charge is 0.0879 e. The van der Waals surface area contributed by atoms with Crippen LogP contribution < -0.4 is 5.73 Å². The molecule has 0 aromatic rings. The Morgan fingerprint density at radius 3 is 2.34 bits per heavy atom. The van der Waals surface area contributed by atoms with Crippen LogP contribution in [0.1, 0.15) is 92.4 Å². The van der Waals surface area contributed by atoms with Crippen LogP contribution in [-0.4, -0.2) is 41.2 Å². The van der Waals surface area contributed by atoms with Gasteiger partial charge in [0.15, 0.2) is 0 Å². The molecule has 6 aliphatic rings. The van der Waals surface area contributed by atoms with Crippen molar-refractivity contribution >= 4 is 0 Å². The summed E-state index contributed by atoms with van der Waals surface area (Å²) in [7, 11) is 0. The van der Waals surface area contributed by atoms with Crippen molar-refractivity contribution in [1.82, 2.24) is 0 Å². The maximum absolute atomic E-state index is 12.1. The highest BCUT2D eigenvalue weighted by molar-refractivity contribution is 5.32. The maximum Gasteiger partial charge on any atom is 0.0879 e. The molecule has 32 heavy (non-hydrogen) atoms. The van der Waals surface area contributed by atoms with Crippen LogP contribution in [0, 0.1) is 50.7 Å². The second-order valence-corrected chi connectivity index (χ2v) is 14.2. The molecule has 1 aliphatic heterocycles. The Morgan fingerprint density at radius 1 is 0.938 bits per heavy atom. The van der Waals surface area contributed by atoms with Gasteiger partial charge in [0.05, 0.1) is 24.4 Å². The Hall–Kier alpha value is -0.160. The van der Waals surface area contributed by atoms with Crippen molar-refractivity contribution in [3.63, 3.8) is 0 Å². The Balaban J connectivity index is 1.38. The van der Waals surface area contributed by atoms with E-state index < -0.39 is 0 Å². The number of rotatable bonds is 2. The second kappa shape index (κ2) is 6.53. The SMILES string of the molecule is C[C@@H]1CC(CCN)OC2C1C1(C)CCC34CC35CCC(O)C(C)(C)[C@@H]5CCC4[C@]1(C)[C@H]2O. The van der Waals surface area contributed by atoms with E-state index in [2.05, 4.69) is 34.6 Å². The molecule has 0 bridgehead atoms. The minimum Gasteiger partial charge on any atom is -0.393 e. The van der Waals surface area contributed by atoms with Crippen LogP contribution in [0.5, 0.6) is 0 Å². The highest BCUT2D eigenvalue weighted by Crippen LogP contribution is 2.89. The fraction of sp³-hybridized carbons (Fsp3) is 1.00. The highest BCUT2D eigenvalue weighted by Gasteiger charge is 2.84. The number of nitrogens with two attached hydrogens (primary N) is 1. The van der Waals surface area contributed by atoms with Gasteiger partial charge in [0.25, 0.3) is 0 Å². The number of ether oxygens (including phenoxy) is 1. The third-order valence-corrected chi connectivity index (χ3v) is 13.3. The summed E-state index contributed by atoms with van der Waals surface area (Å²) in [5.74, 6) is 2.24. The van der Waals surface area contributed by atoms with Gasteiger partial charge in [0.2, 0.25) is 0 Å². The third-order valence-electron chi connectivity index (χ3n) is 13.3. The molecule has 0 amide bonds. The zero-order chi connectivity index (χ0) is 22.9. The quantitative estimate of drug-likeness (QED) is 0.585. The molecule has 1 heterocycles. The van der Waals surface area contributed by atoms with Crippen molar-refractivity contribution in [1.29, 1.82) is 0 Å². The van der Waals surface area contributed by atoms with Gasteiger partial charge in [-0.2, -0.15) is 0 Å². The summed E-state index contributed by atoms with van der Waals surface area (Å²) in [6.07, 6.45) is 10.1. The molecule has 6 rings (SSSR count). The van der Waals surface area contributed by atoms with Crippen molar-refractivity contribution in [3.05, 3.63) is 0 Å². The Kier molecular flexibility index (Phi) is 4.55. The van der Waals surface area contributed by atoms with Crippen molar-refractivity contribution in [2.75, 3.05) is 6.54 Å². The third kappa shape index (κ3) is 2.26. The standard InChI is InChI=1S/C28H47NO3/c1-16-14-17(9-13-29)32-22-21(16)25(4)11-12-28-15-27(28)10-8-20(30)24(2,3)18(27)6-7-19(28)26(25,5)23(22)31/h16-23,30-31H,6-15,29H2,1-5H3/t16-,17?,18+,19?,20?,21?,22?,23+,25?,26-,27?,28?/m1/s1. The molecule has 0 aromatic carbocycles. The predicted octanol–water partition coefficient (Wildman–Crippen LogP) is 4.51. The first-order valence-electron chi connectivity index (χ1n) is 13.7. The first-order valence-corrected chi connectivity index (χ1v) is 13.7. The molecule has 4 nitrogen and oxygen atoms in total. The van der Waals surface area contributed by atoms with Crippen molar-refractivity contribution in [2.24, 2.45) is 56.5 Å². The van der Waals surface area contributed by atoms with E-state index >= 15 is 0 Å². The molecule has 182 valence electrons. The molecule has 5 aliphatic carbocycles. The van der Waals surface area contributed by atoms with Crippen molar-refractivity contribution in [3.8, 4) is 0 Å². The topological polar surface area (TPSA) is 75.7 Å². The van der Waals surface area contributed by atoms with E-state index in [4.69, 9.17) is 10.5 Å². The zero-order valence-corrected chi connectivity index (χ0v) is 21.1. The molecule has 6 fully saturated rings. The van der Waals surface area contributed by atoms with Crippen LogP contribution in [0.15, 0.2) is 0 Å². The number of aliphatic hydroxyl groups excluding tert-OH is 2. The van der Waals surface area contributed by atoms with Gasteiger partial charge >= 0.3 is 0 Å².